The SMILES string of the molecule is CNCc1ccccc1CN1CCC(N2CCCCC2)C1. The summed E-state index contributed by atoms with van der Waals surface area (Å²) in [5.74, 6) is 0. The van der Waals surface area contributed by atoms with Crippen molar-refractivity contribution < 1.29 is 0 Å². The normalized spacial score (nSPS) is 24.5. The van der Waals surface area contributed by atoms with Crippen molar-refractivity contribution in [3.8, 4) is 0 Å². The van der Waals surface area contributed by atoms with E-state index in [0.717, 1.165) is 19.1 Å². The molecule has 2 aliphatic heterocycles. The summed E-state index contributed by atoms with van der Waals surface area (Å²) in [5, 5.41) is 3.28. The van der Waals surface area contributed by atoms with E-state index in [4.69, 9.17) is 0 Å². The lowest BCUT2D eigenvalue weighted by molar-refractivity contribution is 0.161. The van der Waals surface area contributed by atoms with Crippen LogP contribution in [-0.2, 0) is 13.1 Å². The van der Waals surface area contributed by atoms with Crippen LogP contribution < -0.4 is 5.32 Å². The zero-order valence-corrected chi connectivity index (χ0v) is 13.4. The molecule has 2 fully saturated rings. The average molecular weight is 287 g/mol. The Balaban J connectivity index is 1.57. The minimum Gasteiger partial charge on any atom is -0.316 e. The maximum Gasteiger partial charge on any atom is 0.0237 e. The van der Waals surface area contributed by atoms with Crippen molar-refractivity contribution in [3.05, 3.63) is 35.4 Å². The first-order valence-corrected chi connectivity index (χ1v) is 8.54. The summed E-state index contributed by atoms with van der Waals surface area (Å²) in [6.07, 6.45) is 5.60. The summed E-state index contributed by atoms with van der Waals surface area (Å²) in [7, 11) is 2.03. The second-order valence-corrected chi connectivity index (χ2v) is 6.57. The molecular formula is C18H29N3. The van der Waals surface area contributed by atoms with Gasteiger partial charge in [-0.1, -0.05) is 30.7 Å². The van der Waals surface area contributed by atoms with E-state index in [1.807, 2.05) is 7.05 Å². The maximum atomic E-state index is 3.28. The minimum absolute atomic E-state index is 0.807. The highest BCUT2D eigenvalue weighted by Gasteiger charge is 2.28. The van der Waals surface area contributed by atoms with Crippen molar-refractivity contribution in [2.45, 2.75) is 44.8 Å². The summed E-state index contributed by atoms with van der Waals surface area (Å²) >= 11 is 0. The first kappa shape index (κ1) is 15.0. The van der Waals surface area contributed by atoms with E-state index in [1.165, 1.54) is 63.0 Å². The van der Waals surface area contributed by atoms with Crippen LogP contribution in [0.5, 0.6) is 0 Å². The zero-order valence-electron chi connectivity index (χ0n) is 13.4. The Morgan fingerprint density at radius 1 is 1.05 bits per heavy atom. The van der Waals surface area contributed by atoms with Gasteiger partial charge < -0.3 is 5.32 Å². The molecule has 1 aromatic rings. The molecule has 0 aliphatic carbocycles. The Hall–Kier alpha value is -0.900. The third-order valence-corrected chi connectivity index (χ3v) is 5.03. The van der Waals surface area contributed by atoms with Crippen LogP contribution >= 0.6 is 0 Å². The van der Waals surface area contributed by atoms with Gasteiger partial charge in [-0.25, -0.2) is 0 Å². The standard InChI is InChI=1S/C18H29N3/c1-19-13-16-7-3-4-8-17(16)14-20-12-9-18(15-20)21-10-5-2-6-11-21/h3-4,7-8,18-19H,2,5-6,9-15H2,1H3. The van der Waals surface area contributed by atoms with Gasteiger partial charge in [-0.2, -0.15) is 0 Å². The Morgan fingerprint density at radius 2 is 1.81 bits per heavy atom. The van der Waals surface area contributed by atoms with Crippen molar-refractivity contribution in [3.63, 3.8) is 0 Å². The first-order valence-electron chi connectivity index (χ1n) is 8.54. The van der Waals surface area contributed by atoms with E-state index < -0.39 is 0 Å². The fourth-order valence-electron chi connectivity index (χ4n) is 3.85. The fraction of sp³-hybridized carbons (Fsp3) is 0.667. The average Bonchev–Trinajstić information content (AvgIpc) is 2.99. The number of piperidine rings is 1. The van der Waals surface area contributed by atoms with Gasteiger partial charge in [-0.15, -0.1) is 0 Å². The van der Waals surface area contributed by atoms with E-state index in [1.54, 1.807) is 0 Å². The molecule has 3 nitrogen and oxygen atoms in total. The molecule has 2 aliphatic rings. The number of hydrogen-bond donors (Lipinski definition) is 1. The molecule has 0 aromatic heterocycles. The van der Waals surface area contributed by atoms with Gasteiger partial charge in [0.15, 0.2) is 0 Å². The van der Waals surface area contributed by atoms with Crippen LogP contribution in [0.4, 0.5) is 0 Å². The number of hydrogen-bond acceptors (Lipinski definition) is 3. The van der Waals surface area contributed by atoms with Crippen molar-refractivity contribution >= 4 is 0 Å². The third kappa shape index (κ3) is 3.85. The zero-order chi connectivity index (χ0) is 14.5. The van der Waals surface area contributed by atoms with Crippen LogP contribution in [0.1, 0.15) is 36.8 Å². The van der Waals surface area contributed by atoms with Gasteiger partial charge in [0.25, 0.3) is 0 Å². The Kier molecular flexibility index (Phi) is 5.28. The summed E-state index contributed by atoms with van der Waals surface area (Å²) in [6.45, 7) is 7.26. The predicted molar refractivity (Wildman–Crippen MR) is 88.3 cm³/mol. The van der Waals surface area contributed by atoms with E-state index >= 15 is 0 Å². The number of benzene rings is 1. The highest BCUT2D eigenvalue weighted by molar-refractivity contribution is 5.27. The van der Waals surface area contributed by atoms with Gasteiger partial charge in [-0.05, 0) is 50.5 Å². The van der Waals surface area contributed by atoms with Gasteiger partial charge in [0.2, 0.25) is 0 Å². The van der Waals surface area contributed by atoms with Crippen molar-refractivity contribution in [1.82, 2.24) is 15.1 Å². The molecule has 2 heterocycles. The largest absolute Gasteiger partial charge is 0.316 e. The van der Waals surface area contributed by atoms with E-state index in [0.29, 0.717) is 0 Å². The lowest BCUT2D eigenvalue weighted by atomic mass is 10.1. The predicted octanol–water partition coefficient (Wildman–Crippen LogP) is 2.47. The molecule has 1 atom stereocenters. The van der Waals surface area contributed by atoms with Crippen molar-refractivity contribution in [2.24, 2.45) is 0 Å². The number of rotatable bonds is 5. The van der Waals surface area contributed by atoms with Crippen LogP contribution in [0.2, 0.25) is 0 Å². The molecular weight excluding hydrogens is 258 g/mol. The molecule has 3 rings (SSSR count). The molecule has 0 bridgehead atoms. The molecule has 0 spiro atoms. The molecule has 116 valence electrons. The summed E-state index contributed by atoms with van der Waals surface area (Å²) in [5.41, 5.74) is 2.94. The molecule has 0 radical (unpaired) electrons. The van der Waals surface area contributed by atoms with Crippen molar-refractivity contribution in [2.75, 3.05) is 33.2 Å². The quantitative estimate of drug-likeness (QED) is 0.897. The summed E-state index contributed by atoms with van der Waals surface area (Å²) < 4.78 is 0. The highest BCUT2D eigenvalue weighted by Crippen LogP contribution is 2.22. The monoisotopic (exact) mass is 287 g/mol. The van der Waals surface area contributed by atoms with Crippen LogP contribution in [-0.4, -0.2) is 49.1 Å². The molecule has 1 N–H and O–H groups in total. The Bertz CT molecular complexity index is 440. The molecule has 0 saturated carbocycles. The lowest BCUT2D eigenvalue weighted by Crippen LogP contribution is -2.40. The molecule has 1 unspecified atom stereocenters. The van der Waals surface area contributed by atoms with Crippen LogP contribution in [0.25, 0.3) is 0 Å². The topological polar surface area (TPSA) is 18.5 Å². The van der Waals surface area contributed by atoms with Crippen molar-refractivity contribution in [1.29, 1.82) is 0 Å². The maximum absolute atomic E-state index is 3.28. The number of nitrogens with one attached hydrogen (secondary N) is 1. The lowest BCUT2D eigenvalue weighted by Gasteiger charge is -2.32. The van der Waals surface area contributed by atoms with Gasteiger partial charge >= 0.3 is 0 Å². The van der Waals surface area contributed by atoms with E-state index in [2.05, 4.69) is 39.4 Å². The van der Waals surface area contributed by atoms with Crippen LogP contribution in [0, 0.1) is 0 Å². The van der Waals surface area contributed by atoms with Gasteiger partial charge in [0.1, 0.15) is 0 Å². The molecule has 1 aromatic carbocycles. The van der Waals surface area contributed by atoms with E-state index in [-0.39, 0.29) is 0 Å². The molecule has 0 amide bonds. The van der Waals surface area contributed by atoms with E-state index in [9.17, 15) is 0 Å². The highest BCUT2D eigenvalue weighted by atomic mass is 15.3. The summed E-state index contributed by atoms with van der Waals surface area (Å²) in [6, 6.07) is 9.68. The Morgan fingerprint density at radius 3 is 2.57 bits per heavy atom. The summed E-state index contributed by atoms with van der Waals surface area (Å²) in [4.78, 5) is 5.39. The molecule has 2 saturated heterocycles. The molecule has 21 heavy (non-hydrogen) atoms. The smallest absolute Gasteiger partial charge is 0.0237 e. The van der Waals surface area contributed by atoms with Crippen LogP contribution in [0.3, 0.4) is 0 Å². The first-order chi connectivity index (χ1) is 10.4. The van der Waals surface area contributed by atoms with Crippen LogP contribution in [0.15, 0.2) is 24.3 Å². The van der Waals surface area contributed by atoms with Gasteiger partial charge in [0, 0.05) is 32.2 Å². The second-order valence-electron chi connectivity index (χ2n) is 6.57. The van der Waals surface area contributed by atoms with Gasteiger partial charge in [-0.3, -0.25) is 9.80 Å². The Labute approximate surface area is 129 Å². The minimum atomic E-state index is 0.807. The number of nitrogens with zero attached hydrogens (tertiary/aromatic N) is 2. The second kappa shape index (κ2) is 7.39. The van der Waals surface area contributed by atoms with Gasteiger partial charge in [0.05, 0.1) is 0 Å². The fourth-order valence-corrected chi connectivity index (χ4v) is 3.85. The number of likely N-dealkylation sites (tertiary alicyclic amines) is 2. The third-order valence-electron chi connectivity index (χ3n) is 5.03. The molecule has 3 heteroatoms.